The molecule has 7 heteroatoms. The molecular formula is C26H25N3O3S. The number of ether oxygens (including phenoxy) is 1. The molecule has 1 N–H and O–H groups in total. The van der Waals surface area contributed by atoms with Crippen molar-refractivity contribution in [1.82, 2.24) is 4.98 Å². The molecule has 1 aromatic carbocycles. The van der Waals surface area contributed by atoms with Crippen LogP contribution in [-0.2, 0) is 35.2 Å². The third-order valence-electron chi connectivity index (χ3n) is 6.49. The van der Waals surface area contributed by atoms with Gasteiger partial charge in [-0.3, -0.25) is 9.78 Å². The molecule has 0 aliphatic heterocycles. The van der Waals surface area contributed by atoms with Gasteiger partial charge in [0.05, 0.1) is 16.6 Å². The number of nitrogens with zero attached hydrogens (tertiary/aromatic N) is 2. The molecule has 0 radical (unpaired) electrons. The Hall–Kier alpha value is -3.24. The minimum absolute atomic E-state index is 0.391. The number of rotatable bonds is 4. The van der Waals surface area contributed by atoms with Gasteiger partial charge in [-0.15, -0.1) is 11.3 Å². The molecule has 2 aromatic heterocycles. The second kappa shape index (κ2) is 9.32. The number of fused-ring (bicyclic) bond motifs is 3. The summed E-state index contributed by atoms with van der Waals surface area (Å²) in [6.07, 6.45) is 8.85. The summed E-state index contributed by atoms with van der Waals surface area (Å²) in [5.41, 5.74) is 4.83. The van der Waals surface area contributed by atoms with Crippen molar-refractivity contribution in [3.63, 3.8) is 0 Å². The number of thiophene rings is 1. The van der Waals surface area contributed by atoms with Crippen molar-refractivity contribution >= 4 is 39.1 Å². The average molecular weight is 460 g/mol. The zero-order valence-corrected chi connectivity index (χ0v) is 19.2. The average Bonchev–Trinajstić information content (AvgIpc) is 2.99. The highest BCUT2D eigenvalue weighted by Crippen LogP contribution is 2.37. The minimum atomic E-state index is -0.496. The summed E-state index contributed by atoms with van der Waals surface area (Å²) in [6.45, 7) is -0.391. The highest BCUT2D eigenvalue weighted by Gasteiger charge is 2.25. The number of carbonyl (C=O) groups excluding carboxylic acids is 2. The fraction of sp³-hybridized carbons (Fsp3) is 0.385. The Morgan fingerprint density at radius 3 is 2.67 bits per heavy atom. The van der Waals surface area contributed by atoms with E-state index in [1.807, 2.05) is 24.3 Å². The Morgan fingerprint density at radius 2 is 1.79 bits per heavy atom. The van der Waals surface area contributed by atoms with Crippen LogP contribution in [-0.4, -0.2) is 23.5 Å². The van der Waals surface area contributed by atoms with Crippen LogP contribution >= 0.6 is 11.3 Å². The summed E-state index contributed by atoms with van der Waals surface area (Å²) in [4.78, 5) is 31.7. The number of anilines is 1. The summed E-state index contributed by atoms with van der Waals surface area (Å²) in [6, 6.07) is 9.83. The van der Waals surface area contributed by atoms with Gasteiger partial charge in [-0.1, -0.05) is 24.6 Å². The van der Waals surface area contributed by atoms with Crippen LogP contribution < -0.4 is 5.32 Å². The molecule has 0 bridgehead atoms. The molecule has 5 rings (SSSR count). The van der Waals surface area contributed by atoms with Crippen molar-refractivity contribution in [2.24, 2.45) is 0 Å². The standard InChI is InChI=1S/C26H25N3O3S/c27-14-19-16-8-2-1-3-13-22(16)33-25(19)29-23(30)15-32-26(31)24-17-9-4-6-11-20(17)28-21-12-7-5-10-18(21)24/h4,6,9,11H,1-3,5,7-8,10,12-13,15H2,(H,29,30). The number of aromatic nitrogens is 1. The lowest BCUT2D eigenvalue weighted by Gasteiger charge is -2.19. The van der Waals surface area contributed by atoms with Gasteiger partial charge < -0.3 is 10.1 Å². The molecular weight excluding hydrogens is 434 g/mol. The van der Waals surface area contributed by atoms with Crippen LogP contribution in [0.25, 0.3) is 10.9 Å². The Morgan fingerprint density at radius 1 is 1.03 bits per heavy atom. The van der Waals surface area contributed by atoms with Gasteiger partial charge in [0.1, 0.15) is 11.1 Å². The minimum Gasteiger partial charge on any atom is -0.452 e. The first kappa shape index (κ1) is 21.6. The lowest BCUT2D eigenvalue weighted by molar-refractivity contribution is -0.119. The fourth-order valence-electron chi connectivity index (χ4n) is 4.92. The van der Waals surface area contributed by atoms with Gasteiger partial charge in [0.25, 0.3) is 5.91 Å². The van der Waals surface area contributed by atoms with Gasteiger partial charge in [-0.05, 0) is 68.6 Å². The van der Waals surface area contributed by atoms with Crippen molar-refractivity contribution in [3.05, 3.63) is 57.1 Å². The normalized spacial score (nSPS) is 15.1. The number of benzene rings is 1. The van der Waals surface area contributed by atoms with Crippen LogP contribution in [0.5, 0.6) is 0 Å². The zero-order valence-electron chi connectivity index (χ0n) is 18.4. The molecule has 0 spiro atoms. The summed E-state index contributed by atoms with van der Waals surface area (Å²) < 4.78 is 5.47. The number of esters is 1. The SMILES string of the molecule is N#Cc1c(NC(=O)COC(=O)c2c3c(nc4ccccc24)CCCC3)sc2c1CCCCC2. The van der Waals surface area contributed by atoms with Crippen LogP contribution in [0.1, 0.15) is 69.7 Å². The Labute approximate surface area is 196 Å². The number of nitriles is 1. The van der Waals surface area contributed by atoms with Crippen molar-refractivity contribution in [2.75, 3.05) is 11.9 Å². The summed E-state index contributed by atoms with van der Waals surface area (Å²) in [5, 5.41) is 13.8. The molecule has 0 atom stereocenters. The predicted octanol–water partition coefficient (Wildman–Crippen LogP) is 5.11. The maximum Gasteiger partial charge on any atom is 0.339 e. The van der Waals surface area contributed by atoms with E-state index in [1.54, 1.807) is 0 Å². The fourth-order valence-corrected chi connectivity index (χ4v) is 6.18. The molecule has 1 amide bonds. The molecule has 3 aromatic rings. The first-order chi connectivity index (χ1) is 16.2. The highest BCUT2D eigenvalue weighted by molar-refractivity contribution is 7.16. The van der Waals surface area contributed by atoms with E-state index in [4.69, 9.17) is 9.72 Å². The first-order valence-electron chi connectivity index (χ1n) is 11.6. The smallest absolute Gasteiger partial charge is 0.339 e. The van der Waals surface area contributed by atoms with E-state index in [1.165, 1.54) is 16.2 Å². The van der Waals surface area contributed by atoms with Gasteiger partial charge in [-0.2, -0.15) is 5.26 Å². The van der Waals surface area contributed by atoms with E-state index in [0.717, 1.165) is 85.5 Å². The largest absolute Gasteiger partial charge is 0.452 e. The van der Waals surface area contributed by atoms with E-state index in [9.17, 15) is 14.9 Å². The second-order valence-electron chi connectivity index (χ2n) is 8.64. The van der Waals surface area contributed by atoms with Crippen molar-refractivity contribution < 1.29 is 14.3 Å². The van der Waals surface area contributed by atoms with E-state index in [-0.39, 0.29) is 0 Å². The molecule has 6 nitrogen and oxygen atoms in total. The topological polar surface area (TPSA) is 92.1 Å². The Kier molecular flexibility index (Phi) is 6.10. The third kappa shape index (κ3) is 4.23. The predicted molar refractivity (Wildman–Crippen MR) is 128 cm³/mol. The maximum atomic E-state index is 13.1. The van der Waals surface area contributed by atoms with Crippen molar-refractivity contribution in [3.8, 4) is 6.07 Å². The highest BCUT2D eigenvalue weighted by atomic mass is 32.1. The van der Waals surface area contributed by atoms with E-state index < -0.39 is 18.5 Å². The quantitative estimate of drug-likeness (QED) is 0.432. The maximum absolute atomic E-state index is 13.1. The van der Waals surface area contributed by atoms with E-state index in [2.05, 4.69) is 11.4 Å². The third-order valence-corrected chi connectivity index (χ3v) is 7.70. The summed E-state index contributed by atoms with van der Waals surface area (Å²) in [7, 11) is 0. The first-order valence-corrected chi connectivity index (χ1v) is 12.4. The molecule has 0 fully saturated rings. The van der Waals surface area contributed by atoms with Crippen LogP contribution in [0, 0.1) is 11.3 Å². The number of para-hydroxylation sites is 1. The van der Waals surface area contributed by atoms with Crippen molar-refractivity contribution in [2.45, 2.75) is 57.8 Å². The number of nitrogens with one attached hydrogen (secondary N) is 1. The van der Waals surface area contributed by atoms with Gasteiger partial charge in [0.2, 0.25) is 0 Å². The lowest BCUT2D eigenvalue weighted by atomic mass is 9.90. The second-order valence-corrected chi connectivity index (χ2v) is 9.75. The van der Waals surface area contributed by atoms with Crippen LogP contribution in [0.3, 0.4) is 0 Å². The molecule has 168 valence electrons. The number of hydrogen-bond donors (Lipinski definition) is 1. The van der Waals surface area contributed by atoms with Crippen LogP contribution in [0.4, 0.5) is 5.00 Å². The Bertz CT molecular complexity index is 1290. The number of carbonyl (C=O) groups is 2. The summed E-state index contributed by atoms with van der Waals surface area (Å²) >= 11 is 1.48. The van der Waals surface area contributed by atoms with Gasteiger partial charge >= 0.3 is 5.97 Å². The Balaban J connectivity index is 1.34. The number of pyridine rings is 1. The molecule has 0 unspecified atom stereocenters. The molecule has 0 saturated carbocycles. The molecule has 0 saturated heterocycles. The van der Waals surface area contributed by atoms with E-state index >= 15 is 0 Å². The number of amides is 1. The van der Waals surface area contributed by atoms with E-state index in [0.29, 0.717) is 16.1 Å². The van der Waals surface area contributed by atoms with Gasteiger partial charge in [-0.25, -0.2) is 4.79 Å². The summed E-state index contributed by atoms with van der Waals surface area (Å²) in [5.74, 6) is -0.923. The van der Waals surface area contributed by atoms with Gasteiger partial charge in [0.15, 0.2) is 6.61 Å². The molecule has 2 heterocycles. The molecule has 33 heavy (non-hydrogen) atoms. The van der Waals surface area contributed by atoms with Gasteiger partial charge in [0, 0.05) is 16.0 Å². The van der Waals surface area contributed by atoms with Crippen LogP contribution in [0.2, 0.25) is 0 Å². The zero-order chi connectivity index (χ0) is 22.8. The van der Waals surface area contributed by atoms with Crippen LogP contribution in [0.15, 0.2) is 24.3 Å². The number of aryl methyl sites for hydroxylation is 2. The molecule has 2 aliphatic rings. The number of hydrogen-bond acceptors (Lipinski definition) is 6. The lowest BCUT2D eigenvalue weighted by Crippen LogP contribution is -2.22. The van der Waals surface area contributed by atoms with Crippen molar-refractivity contribution in [1.29, 1.82) is 5.26 Å². The monoisotopic (exact) mass is 459 g/mol. The molecule has 2 aliphatic carbocycles.